The standard InChI is InChI=1S/C20H25N3OS/c1-14-2-4-15(5-3-14)20-22-17(13-25-20)12-19(24)21-16-8-10-23(11-9-16)18-6-7-18/h2-5,13,16,18H,6-12H2,1H3,(H,21,24). The Morgan fingerprint density at radius 2 is 1.92 bits per heavy atom. The molecule has 0 spiro atoms. The summed E-state index contributed by atoms with van der Waals surface area (Å²) >= 11 is 1.61. The fraction of sp³-hybridized carbons (Fsp3) is 0.500. The lowest BCUT2D eigenvalue weighted by Crippen LogP contribution is -2.45. The number of nitrogens with one attached hydrogen (secondary N) is 1. The summed E-state index contributed by atoms with van der Waals surface area (Å²) in [6, 6.07) is 9.54. The van der Waals surface area contributed by atoms with E-state index in [9.17, 15) is 4.79 Å². The number of nitrogens with zero attached hydrogens (tertiary/aromatic N) is 2. The Kier molecular flexibility index (Phi) is 4.86. The SMILES string of the molecule is Cc1ccc(-c2nc(CC(=O)NC3CCN(C4CC4)CC3)cs2)cc1. The fourth-order valence-corrected chi connectivity index (χ4v) is 4.33. The van der Waals surface area contributed by atoms with Crippen LogP contribution >= 0.6 is 11.3 Å². The summed E-state index contributed by atoms with van der Waals surface area (Å²) in [4.78, 5) is 19.6. The first-order valence-electron chi connectivity index (χ1n) is 9.22. The van der Waals surface area contributed by atoms with E-state index >= 15 is 0 Å². The van der Waals surface area contributed by atoms with Crippen molar-refractivity contribution >= 4 is 17.2 Å². The molecule has 1 aromatic carbocycles. The van der Waals surface area contributed by atoms with Gasteiger partial charge in [0.05, 0.1) is 12.1 Å². The molecule has 1 aliphatic carbocycles. The summed E-state index contributed by atoms with van der Waals surface area (Å²) in [7, 11) is 0. The lowest BCUT2D eigenvalue weighted by Gasteiger charge is -2.32. The van der Waals surface area contributed by atoms with Crippen LogP contribution in [0.15, 0.2) is 29.6 Å². The Labute approximate surface area is 153 Å². The molecule has 2 aromatic rings. The van der Waals surface area contributed by atoms with Crippen molar-refractivity contribution in [1.29, 1.82) is 0 Å². The summed E-state index contributed by atoms with van der Waals surface area (Å²) in [5.41, 5.74) is 3.23. The first-order valence-corrected chi connectivity index (χ1v) is 10.1. The Bertz CT molecular complexity index is 728. The van der Waals surface area contributed by atoms with Gasteiger partial charge in [0.15, 0.2) is 0 Å². The maximum absolute atomic E-state index is 12.3. The fourth-order valence-electron chi connectivity index (χ4n) is 3.51. The maximum atomic E-state index is 12.3. The maximum Gasteiger partial charge on any atom is 0.226 e. The molecule has 1 saturated heterocycles. The van der Waals surface area contributed by atoms with Crippen LogP contribution in [-0.4, -0.2) is 41.0 Å². The van der Waals surface area contributed by atoms with Crippen molar-refractivity contribution in [2.24, 2.45) is 0 Å². The molecule has 0 radical (unpaired) electrons. The van der Waals surface area contributed by atoms with Gasteiger partial charge < -0.3 is 10.2 Å². The average Bonchev–Trinajstić information content (AvgIpc) is 3.36. The molecule has 4 rings (SSSR count). The van der Waals surface area contributed by atoms with E-state index in [0.29, 0.717) is 12.5 Å². The molecule has 0 atom stereocenters. The van der Waals surface area contributed by atoms with E-state index in [-0.39, 0.29) is 5.91 Å². The van der Waals surface area contributed by atoms with Gasteiger partial charge in [-0.2, -0.15) is 0 Å². The monoisotopic (exact) mass is 355 g/mol. The molecule has 1 aliphatic heterocycles. The second-order valence-corrected chi connectivity index (χ2v) is 8.15. The first kappa shape index (κ1) is 16.7. The first-order chi connectivity index (χ1) is 12.2. The van der Waals surface area contributed by atoms with Crippen molar-refractivity contribution in [2.75, 3.05) is 13.1 Å². The Morgan fingerprint density at radius 3 is 2.60 bits per heavy atom. The van der Waals surface area contributed by atoms with E-state index < -0.39 is 0 Å². The van der Waals surface area contributed by atoms with E-state index in [1.807, 2.05) is 5.38 Å². The van der Waals surface area contributed by atoms with Gasteiger partial charge in [0.2, 0.25) is 5.91 Å². The highest BCUT2D eigenvalue weighted by molar-refractivity contribution is 7.13. The smallest absolute Gasteiger partial charge is 0.226 e. The number of amides is 1. The molecule has 1 saturated carbocycles. The number of benzene rings is 1. The minimum atomic E-state index is 0.102. The quantitative estimate of drug-likeness (QED) is 0.894. The zero-order valence-corrected chi connectivity index (χ0v) is 15.5. The predicted octanol–water partition coefficient (Wildman–Crippen LogP) is 3.40. The van der Waals surface area contributed by atoms with Gasteiger partial charge >= 0.3 is 0 Å². The Morgan fingerprint density at radius 1 is 1.20 bits per heavy atom. The molecule has 1 N–H and O–H groups in total. The summed E-state index contributed by atoms with van der Waals surface area (Å²) in [6.07, 6.45) is 5.27. The Hall–Kier alpha value is -1.72. The van der Waals surface area contributed by atoms with Crippen LogP contribution in [0.4, 0.5) is 0 Å². The average molecular weight is 356 g/mol. The van der Waals surface area contributed by atoms with Crippen LogP contribution in [0.1, 0.15) is 36.9 Å². The van der Waals surface area contributed by atoms with E-state index in [1.54, 1.807) is 11.3 Å². The molecule has 4 nitrogen and oxygen atoms in total. The largest absolute Gasteiger partial charge is 0.353 e. The highest BCUT2D eigenvalue weighted by atomic mass is 32.1. The van der Waals surface area contributed by atoms with Gasteiger partial charge in [-0.05, 0) is 32.6 Å². The zero-order chi connectivity index (χ0) is 17.2. The molecule has 2 fully saturated rings. The number of thiazole rings is 1. The molecule has 1 aromatic heterocycles. The lowest BCUT2D eigenvalue weighted by molar-refractivity contribution is -0.121. The van der Waals surface area contributed by atoms with Gasteiger partial charge in [0, 0.05) is 36.1 Å². The molecule has 5 heteroatoms. The van der Waals surface area contributed by atoms with Gasteiger partial charge in [-0.25, -0.2) is 4.98 Å². The van der Waals surface area contributed by atoms with Crippen LogP contribution in [0, 0.1) is 6.92 Å². The van der Waals surface area contributed by atoms with Gasteiger partial charge in [-0.15, -0.1) is 11.3 Å². The van der Waals surface area contributed by atoms with Crippen molar-refractivity contribution in [3.8, 4) is 10.6 Å². The highest BCUT2D eigenvalue weighted by Crippen LogP contribution is 2.29. The second-order valence-electron chi connectivity index (χ2n) is 7.30. The van der Waals surface area contributed by atoms with Crippen LogP contribution in [0.2, 0.25) is 0 Å². The summed E-state index contributed by atoms with van der Waals surface area (Å²) < 4.78 is 0. The number of piperidine rings is 1. The highest BCUT2D eigenvalue weighted by Gasteiger charge is 2.32. The number of hydrogen-bond acceptors (Lipinski definition) is 4. The molecular weight excluding hydrogens is 330 g/mol. The van der Waals surface area contributed by atoms with Gasteiger partial charge in [0.25, 0.3) is 0 Å². The number of hydrogen-bond donors (Lipinski definition) is 1. The normalized spacial score (nSPS) is 19.1. The van der Waals surface area contributed by atoms with Crippen molar-refractivity contribution in [2.45, 2.75) is 51.1 Å². The molecule has 132 valence electrons. The van der Waals surface area contributed by atoms with Crippen LogP contribution in [0.5, 0.6) is 0 Å². The van der Waals surface area contributed by atoms with E-state index in [4.69, 9.17) is 0 Å². The Balaban J connectivity index is 1.28. The number of rotatable bonds is 5. The predicted molar refractivity (Wildman–Crippen MR) is 102 cm³/mol. The third-order valence-corrected chi connectivity index (χ3v) is 6.09. The molecule has 1 amide bonds. The second kappa shape index (κ2) is 7.26. The number of carbonyl (C=O) groups excluding carboxylic acids is 1. The van der Waals surface area contributed by atoms with Crippen molar-refractivity contribution < 1.29 is 4.79 Å². The number of carbonyl (C=O) groups is 1. The number of likely N-dealkylation sites (tertiary alicyclic amines) is 1. The third-order valence-electron chi connectivity index (χ3n) is 5.15. The van der Waals surface area contributed by atoms with Crippen LogP contribution in [0.3, 0.4) is 0 Å². The number of aryl methyl sites for hydroxylation is 1. The molecule has 2 heterocycles. The summed E-state index contributed by atoms with van der Waals surface area (Å²) in [5.74, 6) is 0.102. The summed E-state index contributed by atoms with van der Waals surface area (Å²) in [5, 5.41) is 6.19. The van der Waals surface area contributed by atoms with Crippen LogP contribution < -0.4 is 5.32 Å². The number of aromatic nitrogens is 1. The molecule has 2 aliphatic rings. The molecule has 25 heavy (non-hydrogen) atoms. The lowest BCUT2D eigenvalue weighted by atomic mass is 10.0. The molecule has 0 unspecified atom stereocenters. The van der Waals surface area contributed by atoms with Crippen LogP contribution in [0.25, 0.3) is 10.6 Å². The molecule has 0 bridgehead atoms. The van der Waals surface area contributed by atoms with Crippen molar-refractivity contribution in [1.82, 2.24) is 15.2 Å². The van der Waals surface area contributed by atoms with Gasteiger partial charge in [-0.1, -0.05) is 29.8 Å². The van der Waals surface area contributed by atoms with Gasteiger partial charge in [-0.3, -0.25) is 4.79 Å². The van der Waals surface area contributed by atoms with E-state index in [2.05, 4.69) is 46.4 Å². The summed E-state index contributed by atoms with van der Waals surface area (Å²) in [6.45, 7) is 4.34. The van der Waals surface area contributed by atoms with Crippen molar-refractivity contribution in [3.63, 3.8) is 0 Å². The molecular formula is C20H25N3OS. The zero-order valence-electron chi connectivity index (χ0n) is 14.7. The van der Waals surface area contributed by atoms with E-state index in [0.717, 1.165) is 48.2 Å². The topological polar surface area (TPSA) is 45.2 Å². The van der Waals surface area contributed by atoms with Crippen molar-refractivity contribution in [3.05, 3.63) is 40.9 Å². The van der Waals surface area contributed by atoms with Crippen LogP contribution in [-0.2, 0) is 11.2 Å². The van der Waals surface area contributed by atoms with Gasteiger partial charge in [0.1, 0.15) is 5.01 Å². The minimum absolute atomic E-state index is 0.102. The minimum Gasteiger partial charge on any atom is -0.353 e. The van der Waals surface area contributed by atoms with E-state index in [1.165, 1.54) is 18.4 Å². The third kappa shape index (κ3) is 4.28.